The topological polar surface area (TPSA) is 90.9 Å². The van der Waals surface area contributed by atoms with Crippen LogP contribution in [0.2, 0.25) is 0 Å². The molecule has 0 bridgehead atoms. The maximum absolute atomic E-state index is 11.6. The molecule has 0 aliphatic heterocycles. The third kappa shape index (κ3) is 2.92. The van der Waals surface area contributed by atoms with E-state index in [1.165, 1.54) is 11.3 Å². The number of primary sulfonamides is 1. The van der Waals surface area contributed by atoms with E-state index in [2.05, 4.69) is 17.1 Å². The van der Waals surface area contributed by atoms with Crippen LogP contribution in [0.15, 0.2) is 16.6 Å². The fourth-order valence-corrected chi connectivity index (χ4v) is 3.62. The van der Waals surface area contributed by atoms with E-state index in [0.29, 0.717) is 12.4 Å². The summed E-state index contributed by atoms with van der Waals surface area (Å²) in [5.74, 6) is 0.838. The van der Waals surface area contributed by atoms with E-state index in [4.69, 9.17) is 5.14 Å². The molecule has 2 rings (SSSR count). The normalized spacial score (nSPS) is 12.2. The van der Waals surface area contributed by atoms with Gasteiger partial charge in [0.15, 0.2) is 5.82 Å². The second-order valence-electron chi connectivity index (χ2n) is 4.98. The Balaban J connectivity index is 2.62. The number of hydrogen-bond acceptors (Lipinski definition) is 5. The highest BCUT2D eigenvalue weighted by Crippen LogP contribution is 2.30. The van der Waals surface area contributed by atoms with Gasteiger partial charge in [0.1, 0.15) is 0 Å². The highest BCUT2D eigenvalue weighted by molar-refractivity contribution is 7.89. The molecule has 110 valence electrons. The van der Waals surface area contributed by atoms with Crippen LogP contribution < -0.4 is 5.14 Å². The smallest absolute Gasteiger partial charge is 0.273 e. The molecule has 2 aromatic rings. The van der Waals surface area contributed by atoms with Crippen molar-refractivity contribution in [2.24, 2.45) is 11.1 Å². The summed E-state index contributed by atoms with van der Waals surface area (Å²) in [4.78, 5) is 0.954. The van der Waals surface area contributed by atoms with Gasteiger partial charge in [-0.2, -0.15) is 0 Å². The highest BCUT2D eigenvalue weighted by atomic mass is 32.2. The van der Waals surface area contributed by atoms with Crippen LogP contribution >= 0.6 is 11.3 Å². The number of rotatable bonds is 5. The standard InChI is InChI=1S/C12H18N4O2S2/c1-4-9-5-6-19-10(9)11-14-15-12(20(13,17)18)16(11)7-8(2)3/h5-6,8H,4,7H2,1-3H3,(H2,13,17,18). The molecule has 6 nitrogen and oxygen atoms in total. The quantitative estimate of drug-likeness (QED) is 0.912. The van der Waals surface area contributed by atoms with Crippen molar-refractivity contribution in [3.8, 4) is 10.7 Å². The van der Waals surface area contributed by atoms with E-state index in [1.807, 2.05) is 25.3 Å². The number of aromatic nitrogens is 3. The van der Waals surface area contributed by atoms with Crippen molar-refractivity contribution in [3.05, 3.63) is 17.0 Å². The Labute approximate surface area is 122 Å². The van der Waals surface area contributed by atoms with Gasteiger partial charge in [0.2, 0.25) is 0 Å². The van der Waals surface area contributed by atoms with Crippen LogP contribution in [0, 0.1) is 5.92 Å². The van der Waals surface area contributed by atoms with E-state index in [0.717, 1.165) is 16.9 Å². The summed E-state index contributed by atoms with van der Waals surface area (Å²) in [6.45, 7) is 6.57. The maximum Gasteiger partial charge on any atom is 0.273 e. The van der Waals surface area contributed by atoms with Crippen LogP contribution in [0.3, 0.4) is 0 Å². The van der Waals surface area contributed by atoms with Gasteiger partial charge in [0.05, 0.1) is 4.88 Å². The number of thiophene rings is 1. The molecule has 0 atom stereocenters. The first-order valence-corrected chi connectivity index (χ1v) is 8.80. The van der Waals surface area contributed by atoms with E-state index >= 15 is 0 Å². The third-order valence-corrected chi connectivity index (χ3v) is 4.61. The molecule has 2 N–H and O–H groups in total. The first kappa shape index (κ1) is 15.1. The lowest BCUT2D eigenvalue weighted by atomic mass is 10.2. The molecule has 0 aliphatic carbocycles. The highest BCUT2D eigenvalue weighted by Gasteiger charge is 2.24. The van der Waals surface area contributed by atoms with Crippen LogP contribution in [-0.4, -0.2) is 23.2 Å². The molecular weight excluding hydrogens is 296 g/mol. The van der Waals surface area contributed by atoms with Crippen molar-refractivity contribution < 1.29 is 8.42 Å². The Bertz CT molecular complexity index is 701. The first-order valence-electron chi connectivity index (χ1n) is 6.37. The van der Waals surface area contributed by atoms with Gasteiger partial charge in [-0.3, -0.25) is 4.57 Å². The fourth-order valence-electron chi connectivity index (χ4n) is 2.01. The van der Waals surface area contributed by atoms with Crippen LogP contribution in [0.1, 0.15) is 26.3 Å². The molecule has 0 aromatic carbocycles. The molecule has 0 saturated heterocycles. The summed E-state index contributed by atoms with van der Waals surface area (Å²) in [5, 5.41) is 14.9. The minimum Gasteiger partial charge on any atom is -0.296 e. The molecule has 8 heteroatoms. The lowest BCUT2D eigenvalue weighted by molar-refractivity contribution is 0.486. The van der Waals surface area contributed by atoms with Crippen LogP contribution in [0.25, 0.3) is 10.7 Å². The molecule has 20 heavy (non-hydrogen) atoms. The average molecular weight is 314 g/mol. The molecule has 0 spiro atoms. The predicted molar refractivity (Wildman–Crippen MR) is 78.9 cm³/mol. The first-order chi connectivity index (χ1) is 9.34. The monoisotopic (exact) mass is 314 g/mol. The second kappa shape index (κ2) is 5.63. The summed E-state index contributed by atoms with van der Waals surface area (Å²) in [6, 6.07) is 2.02. The number of hydrogen-bond donors (Lipinski definition) is 1. The Morgan fingerprint density at radius 1 is 1.40 bits per heavy atom. The lowest BCUT2D eigenvalue weighted by Crippen LogP contribution is -2.20. The SMILES string of the molecule is CCc1ccsc1-c1nnc(S(N)(=O)=O)n1CC(C)C. The molecule has 2 aromatic heterocycles. The van der Waals surface area contributed by atoms with Gasteiger partial charge in [-0.25, -0.2) is 13.6 Å². The Morgan fingerprint density at radius 2 is 2.10 bits per heavy atom. The molecule has 0 aliphatic rings. The zero-order chi connectivity index (χ0) is 14.9. The minimum absolute atomic E-state index is 0.170. The van der Waals surface area contributed by atoms with Crippen molar-refractivity contribution in [2.75, 3.05) is 0 Å². The van der Waals surface area contributed by atoms with E-state index in [9.17, 15) is 8.42 Å². The zero-order valence-corrected chi connectivity index (χ0v) is 13.3. The van der Waals surface area contributed by atoms with Crippen molar-refractivity contribution in [3.63, 3.8) is 0 Å². The molecule has 0 unspecified atom stereocenters. The number of nitrogens with zero attached hydrogens (tertiary/aromatic N) is 3. The Kier molecular flexibility index (Phi) is 4.26. The maximum atomic E-state index is 11.6. The fraction of sp³-hybridized carbons (Fsp3) is 0.500. The third-order valence-electron chi connectivity index (χ3n) is 2.85. The molecule has 0 radical (unpaired) electrons. The molecule has 0 saturated carbocycles. The number of nitrogens with two attached hydrogens (primary N) is 1. The van der Waals surface area contributed by atoms with Gasteiger partial charge < -0.3 is 0 Å². The van der Waals surface area contributed by atoms with Gasteiger partial charge in [-0.1, -0.05) is 20.8 Å². The van der Waals surface area contributed by atoms with Crippen molar-refractivity contribution in [2.45, 2.75) is 38.9 Å². The van der Waals surface area contributed by atoms with E-state index in [1.54, 1.807) is 4.57 Å². The van der Waals surface area contributed by atoms with Gasteiger partial charge in [-0.05, 0) is 29.3 Å². The lowest BCUT2D eigenvalue weighted by Gasteiger charge is -2.11. The van der Waals surface area contributed by atoms with E-state index < -0.39 is 10.0 Å². The zero-order valence-electron chi connectivity index (χ0n) is 11.7. The van der Waals surface area contributed by atoms with E-state index in [-0.39, 0.29) is 11.1 Å². The molecule has 0 fully saturated rings. The molecular formula is C12H18N4O2S2. The van der Waals surface area contributed by atoms with Crippen LogP contribution in [0.5, 0.6) is 0 Å². The average Bonchev–Trinajstić information content (AvgIpc) is 2.92. The Hall–Kier alpha value is -1.25. The number of sulfonamides is 1. The second-order valence-corrected chi connectivity index (χ2v) is 7.36. The summed E-state index contributed by atoms with van der Waals surface area (Å²) >= 11 is 1.53. The van der Waals surface area contributed by atoms with Crippen LogP contribution in [0.4, 0.5) is 0 Å². The molecule has 2 heterocycles. The largest absolute Gasteiger partial charge is 0.296 e. The molecule has 0 amide bonds. The van der Waals surface area contributed by atoms with Crippen molar-refractivity contribution in [1.29, 1.82) is 0 Å². The van der Waals surface area contributed by atoms with Gasteiger partial charge in [-0.15, -0.1) is 21.5 Å². The van der Waals surface area contributed by atoms with Gasteiger partial charge in [0.25, 0.3) is 15.2 Å². The van der Waals surface area contributed by atoms with Gasteiger partial charge in [0, 0.05) is 6.54 Å². The summed E-state index contributed by atoms with van der Waals surface area (Å²) in [7, 11) is -3.87. The summed E-state index contributed by atoms with van der Waals surface area (Å²) < 4.78 is 24.9. The number of aryl methyl sites for hydroxylation is 1. The summed E-state index contributed by atoms with van der Waals surface area (Å²) in [6.07, 6.45) is 0.859. The predicted octanol–water partition coefficient (Wildman–Crippen LogP) is 1.87. The van der Waals surface area contributed by atoms with Crippen molar-refractivity contribution in [1.82, 2.24) is 14.8 Å². The van der Waals surface area contributed by atoms with Crippen LogP contribution in [-0.2, 0) is 23.0 Å². The Morgan fingerprint density at radius 3 is 2.65 bits per heavy atom. The summed E-state index contributed by atoms with van der Waals surface area (Å²) in [5.41, 5.74) is 1.13. The van der Waals surface area contributed by atoms with Gasteiger partial charge >= 0.3 is 0 Å². The minimum atomic E-state index is -3.87. The van der Waals surface area contributed by atoms with Crippen molar-refractivity contribution >= 4 is 21.4 Å².